The van der Waals surface area contributed by atoms with Crippen molar-refractivity contribution in [3.63, 3.8) is 0 Å². The highest BCUT2D eigenvalue weighted by molar-refractivity contribution is 5.42. The summed E-state index contributed by atoms with van der Waals surface area (Å²) >= 11 is 0. The number of nitrogens with zero attached hydrogens (tertiary/aromatic N) is 2. The van der Waals surface area contributed by atoms with E-state index in [1.807, 2.05) is 0 Å². The molecule has 0 aliphatic carbocycles. The summed E-state index contributed by atoms with van der Waals surface area (Å²) in [7, 11) is 0. The first kappa shape index (κ1) is 6.61. The lowest BCUT2D eigenvalue weighted by atomic mass is 11.0. The average Bonchev–Trinajstić information content (AvgIpc) is 2.17. The zero-order valence-corrected chi connectivity index (χ0v) is 4.11. The first-order chi connectivity index (χ1) is 3.91. The standard InChI is InChI=1S/C2H3N3.CH3NO/c1-2-4-5-3-1;2-1-3/h1-2H,(H,3,4,5);1H,(H2,2,3). The minimum absolute atomic E-state index is 0.250. The van der Waals surface area contributed by atoms with Crippen LogP contribution in [0.4, 0.5) is 0 Å². The van der Waals surface area contributed by atoms with Crippen LogP contribution in [0.25, 0.3) is 0 Å². The number of H-pyrrole nitrogens is 1. The zero-order chi connectivity index (χ0) is 6.24. The van der Waals surface area contributed by atoms with Gasteiger partial charge in [-0.2, -0.15) is 0 Å². The molecular formula is C3H6N4O. The van der Waals surface area contributed by atoms with Gasteiger partial charge in [-0.1, -0.05) is 5.21 Å². The summed E-state index contributed by atoms with van der Waals surface area (Å²) in [4.78, 5) is 8.58. The third kappa shape index (κ3) is 4.61. The van der Waals surface area contributed by atoms with Crippen LogP contribution in [0.15, 0.2) is 12.4 Å². The molecule has 0 aliphatic rings. The lowest BCUT2D eigenvalue weighted by molar-refractivity contribution is -0.106. The summed E-state index contributed by atoms with van der Waals surface area (Å²) in [5.74, 6) is 0. The van der Waals surface area contributed by atoms with Gasteiger partial charge in [0, 0.05) is 6.20 Å². The van der Waals surface area contributed by atoms with Crippen LogP contribution in [0.3, 0.4) is 0 Å². The van der Waals surface area contributed by atoms with Gasteiger partial charge >= 0.3 is 0 Å². The number of carbonyl (C=O) groups excluding carboxylic acids is 1. The van der Waals surface area contributed by atoms with Crippen molar-refractivity contribution >= 4 is 6.41 Å². The number of primary amides is 1. The first-order valence-corrected chi connectivity index (χ1v) is 1.87. The molecule has 5 heteroatoms. The molecule has 1 heterocycles. The Morgan fingerprint density at radius 1 is 1.75 bits per heavy atom. The van der Waals surface area contributed by atoms with Crippen molar-refractivity contribution in [1.82, 2.24) is 15.4 Å². The highest BCUT2D eigenvalue weighted by Gasteiger charge is 1.57. The second-order valence-electron chi connectivity index (χ2n) is 0.796. The summed E-state index contributed by atoms with van der Waals surface area (Å²) in [6, 6.07) is 0. The molecule has 1 amide bonds. The summed E-state index contributed by atoms with van der Waals surface area (Å²) < 4.78 is 0. The molecular weight excluding hydrogens is 108 g/mol. The van der Waals surface area contributed by atoms with Crippen molar-refractivity contribution in [3.05, 3.63) is 12.4 Å². The van der Waals surface area contributed by atoms with Gasteiger partial charge < -0.3 is 5.73 Å². The van der Waals surface area contributed by atoms with Crippen molar-refractivity contribution in [2.45, 2.75) is 0 Å². The number of aromatic amines is 1. The lowest BCUT2D eigenvalue weighted by Crippen LogP contribution is -1.82. The second kappa shape index (κ2) is 5.61. The van der Waals surface area contributed by atoms with E-state index >= 15 is 0 Å². The summed E-state index contributed by atoms with van der Waals surface area (Å²) in [5.41, 5.74) is 4.17. The van der Waals surface area contributed by atoms with Crippen molar-refractivity contribution in [1.29, 1.82) is 0 Å². The third-order valence-electron chi connectivity index (χ3n) is 0.331. The van der Waals surface area contributed by atoms with Gasteiger partial charge in [0.05, 0.1) is 6.20 Å². The van der Waals surface area contributed by atoms with Crippen molar-refractivity contribution in [2.24, 2.45) is 5.73 Å². The fourth-order valence-electron chi connectivity index (χ4n) is 0.167. The van der Waals surface area contributed by atoms with E-state index in [0.29, 0.717) is 0 Å². The van der Waals surface area contributed by atoms with Gasteiger partial charge in [-0.15, -0.1) is 5.10 Å². The predicted octanol–water partition coefficient (Wildman–Crippen LogP) is -1.09. The number of nitrogens with one attached hydrogen (secondary N) is 1. The molecule has 0 unspecified atom stereocenters. The monoisotopic (exact) mass is 114 g/mol. The molecule has 0 radical (unpaired) electrons. The highest BCUT2D eigenvalue weighted by atomic mass is 16.1. The molecule has 8 heavy (non-hydrogen) atoms. The van der Waals surface area contributed by atoms with E-state index in [4.69, 9.17) is 4.79 Å². The molecule has 0 fully saturated rings. The minimum Gasteiger partial charge on any atom is -0.372 e. The molecule has 44 valence electrons. The van der Waals surface area contributed by atoms with Crippen LogP contribution in [0.5, 0.6) is 0 Å². The Morgan fingerprint density at radius 2 is 2.38 bits per heavy atom. The predicted molar refractivity (Wildman–Crippen MR) is 26.6 cm³/mol. The molecule has 0 bridgehead atoms. The average molecular weight is 114 g/mol. The van der Waals surface area contributed by atoms with Crippen LogP contribution < -0.4 is 5.73 Å². The fourth-order valence-corrected chi connectivity index (χ4v) is 0.167. The van der Waals surface area contributed by atoms with Crippen molar-refractivity contribution in [3.8, 4) is 0 Å². The van der Waals surface area contributed by atoms with Crippen molar-refractivity contribution < 1.29 is 4.79 Å². The molecule has 0 spiro atoms. The SMILES string of the molecule is NC=O.c1c[nH]nn1. The fraction of sp³-hybridized carbons (Fsp3) is 0. The van der Waals surface area contributed by atoms with E-state index in [1.165, 1.54) is 0 Å². The van der Waals surface area contributed by atoms with Gasteiger partial charge in [0.1, 0.15) is 0 Å². The van der Waals surface area contributed by atoms with E-state index in [2.05, 4.69) is 21.1 Å². The molecule has 0 aromatic carbocycles. The number of rotatable bonds is 0. The summed E-state index contributed by atoms with van der Waals surface area (Å²) in [5, 5.41) is 9.26. The zero-order valence-electron chi connectivity index (χ0n) is 4.11. The van der Waals surface area contributed by atoms with Gasteiger partial charge in [0.2, 0.25) is 6.41 Å². The molecule has 1 aromatic heterocycles. The number of carbonyl (C=O) groups is 1. The van der Waals surface area contributed by atoms with E-state index in [1.54, 1.807) is 12.4 Å². The topological polar surface area (TPSA) is 84.7 Å². The van der Waals surface area contributed by atoms with Crippen LogP contribution in [-0.2, 0) is 4.79 Å². The van der Waals surface area contributed by atoms with E-state index in [0.717, 1.165) is 0 Å². The number of nitrogens with two attached hydrogens (primary N) is 1. The molecule has 0 aliphatic heterocycles. The Bertz CT molecular complexity index is 97.6. The van der Waals surface area contributed by atoms with E-state index in [9.17, 15) is 0 Å². The Kier molecular flexibility index (Phi) is 4.64. The molecule has 1 rings (SSSR count). The van der Waals surface area contributed by atoms with Crippen molar-refractivity contribution in [2.75, 3.05) is 0 Å². The lowest BCUT2D eigenvalue weighted by Gasteiger charge is -1.46. The van der Waals surface area contributed by atoms with Gasteiger partial charge in [-0.25, -0.2) is 0 Å². The quantitative estimate of drug-likeness (QED) is 0.420. The van der Waals surface area contributed by atoms with E-state index < -0.39 is 0 Å². The number of hydrogen-bond donors (Lipinski definition) is 2. The third-order valence-corrected chi connectivity index (χ3v) is 0.331. The maximum Gasteiger partial charge on any atom is 0.204 e. The highest BCUT2D eigenvalue weighted by Crippen LogP contribution is 1.55. The maximum absolute atomic E-state index is 8.58. The maximum atomic E-state index is 8.58. The summed E-state index contributed by atoms with van der Waals surface area (Å²) in [6.07, 6.45) is 3.49. The molecule has 3 N–H and O–H groups in total. The van der Waals surface area contributed by atoms with Gasteiger partial charge in [-0.05, 0) is 0 Å². The van der Waals surface area contributed by atoms with Crippen LogP contribution in [-0.4, -0.2) is 21.8 Å². The molecule has 5 nitrogen and oxygen atoms in total. The minimum atomic E-state index is 0.250. The van der Waals surface area contributed by atoms with Crippen LogP contribution in [0, 0.1) is 0 Å². The smallest absolute Gasteiger partial charge is 0.204 e. The normalized spacial score (nSPS) is 6.50. The largest absolute Gasteiger partial charge is 0.372 e. The van der Waals surface area contributed by atoms with Gasteiger partial charge in [0.15, 0.2) is 0 Å². The summed E-state index contributed by atoms with van der Waals surface area (Å²) in [6.45, 7) is 0. The van der Waals surface area contributed by atoms with Gasteiger partial charge in [0.25, 0.3) is 0 Å². The van der Waals surface area contributed by atoms with Gasteiger partial charge in [-0.3, -0.25) is 9.89 Å². The number of aromatic nitrogens is 3. The number of hydrogen-bond acceptors (Lipinski definition) is 3. The van der Waals surface area contributed by atoms with Crippen LogP contribution >= 0.6 is 0 Å². The molecule has 0 saturated carbocycles. The Balaban J connectivity index is 0.000000145. The second-order valence-corrected chi connectivity index (χ2v) is 0.796. The Labute approximate surface area is 45.9 Å². The first-order valence-electron chi connectivity index (χ1n) is 1.87. The molecule has 1 aromatic rings. The van der Waals surface area contributed by atoms with Crippen LogP contribution in [0.1, 0.15) is 0 Å². The van der Waals surface area contributed by atoms with E-state index in [-0.39, 0.29) is 6.41 Å². The van der Waals surface area contributed by atoms with Crippen LogP contribution in [0.2, 0.25) is 0 Å². The molecule has 0 atom stereocenters. The Hall–Kier alpha value is -1.39. The molecule has 0 saturated heterocycles. The number of amides is 1. The Morgan fingerprint density at radius 3 is 2.50 bits per heavy atom.